The summed E-state index contributed by atoms with van der Waals surface area (Å²) in [5.74, 6) is -2.31. The van der Waals surface area contributed by atoms with Crippen LogP contribution in [0.3, 0.4) is 0 Å². The largest absolute Gasteiger partial charge is 0.480 e. The van der Waals surface area contributed by atoms with E-state index >= 15 is 0 Å². The van der Waals surface area contributed by atoms with Crippen LogP contribution in [-0.4, -0.2) is 31.3 Å². The first-order chi connectivity index (χ1) is 8.30. The zero-order valence-electron chi connectivity index (χ0n) is 9.76. The van der Waals surface area contributed by atoms with Crippen molar-refractivity contribution in [3.05, 3.63) is 34.9 Å². The monoisotopic (exact) mass is 291 g/mol. The smallest absolute Gasteiger partial charge is 0.320 e. The number of rotatable bonds is 6. The highest BCUT2D eigenvalue weighted by Gasteiger charge is 2.18. The maximum absolute atomic E-state index is 11.4. The van der Waals surface area contributed by atoms with E-state index in [4.69, 9.17) is 16.7 Å². The molecule has 0 saturated carbocycles. The number of carboxylic acids is 1. The summed E-state index contributed by atoms with van der Waals surface area (Å²) < 4.78 is 25.1. The van der Waals surface area contributed by atoms with Crippen LogP contribution < -0.4 is 4.72 Å². The minimum Gasteiger partial charge on any atom is -0.480 e. The van der Waals surface area contributed by atoms with Gasteiger partial charge in [-0.15, -0.1) is 0 Å². The maximum Gasteiger partial charge on any atom is 0.320 e. The summed E-state index contributed by atoms with van der Waals surface area (Å²) in [6.45, 7) is 1.66. The molecule has 7 heteroatoms. The van der Waals surface area contributed by atoms with Crippen molar-refractivity contribution in [3.8, 4) is 0 Å². The zero-order valence-corrected chi connectivity index (χ0v) is 11.3. The second-order valence-electron chi connectivity index (χ2n) is 3.97. The van der Waals surface area contributed by atoms with Crippen molar-refractivity contribution in [3.63, 3.8) is 0 Å². The molecule has 0 saturated heterocycles. The Morgan fingerprint density at radius 2 is 2.06 bits per heavy atom. The van der Waals surface area contributed by atoms with Crippen LogP contribution in [0, 0.1) is 0 Å². The predicted octanol–water partition coefficient (Wildman–Crippen LogP) is 1.28. The molecule has 0 heterocycles. The second kappa shape index (κ2) is 6.17. The van der Waals surface area contributed by atoms with Gasteiger partial charge < -0.3 is 5.11 Å². The molecule has 0 aromatic heterocycles. The molecule has 0 amide bonds. The number of hydrogen-bond acceptors (Lipinski definition) is 3. The molecule has 1 aromatic rings. The highest BCUT2D eigenvalue weighted by molar-refractivity contribution is 7.90. The van der Waals surface area contributed by atoms with Crippen molar-refractivity contribution in [2.45, 2.75) is 19.4 Å². The van der Waals surface area contributed by atoms with Crippen molar-refractivity contribution >= 4 is 27.6 Å². The molecule has 0 fully saturated rings. The Balaban J connectivity index is 2.65. The van der Waals surface area contributed by atoms with Gasteiger partial charge in [-0.1, -0.05) is 29.8 Å². The van der Waals surface area contributed by atoms with Crippen LogP contribution in [0.2, 0.25) is 5.02 Å². The van der Waals surface area contributed by atoms with E-state index < -0.39 is 27.8 Å². The lowest BCUT2D eigenvalue weighted by molar-refractivity contribution is -0.134. The van der Waals surface area contributed by atoms with E-state index in [0.717, 1.165) is 5.56 Å². The lowest BCUT2D eigenvalue weighted by Crippen LogP contribution is -2.37. The minimum atomic E-state index is -3.81. The van der Waals surface area contributed by atoms with Crippen LogP contribution >= 0.6 is 11.6 Å². The molecule has 0 radical (unpaired) electrons. The predicted molar refractivity (Wildman–Crippen MR) is 69.2 cm³/mol. The lowest BCUT2D eigenvalue weighted by atomic mass is 10.1. The molecule has 2 N–H and O–H groups in total. The van der Waals surface area contributed by atoms with Gasteiger partial charge in [0.15, 0.2) is 5.75 Å². The molecule has 1 atom stereocenters. The molecule has 5 nitrogen and oxygen atoms in total. The molecule has 1 rings (SSSR count). The molecule has 0 aliphatic rings. The molecule has 18 heavy (non-hydrogen) atoms. The average Bonchev–Trinajstić information content (AvgIpc) is 2.18. The highest BCUT2D eigenvalue weighted by Crippen LogP contribution is 2.16. The SMILES string of the molecule is CC(Cc1ccccc1Cl)NS(=O)(=O)CC(=O)O. The molecule has 1 unspecified atom stereocenters. The summed E-state index contributed by atoms with van der Waals surface area (Å²) in [5.41, 5.74) is 0.810. The van der Waals surface area contributed by atoms with Crippen LogP contribution in [0.25, 0.3) is 0 Å². The fraction of sp³-hybridized carbons (Fsp3) is 0.364. The molecular formula is C11H14ClNO4S. The Morgan fingerprint density at radius 1 is 1.44 bits per heavy atom. The van der Waals surface area contributed by atoms with E-state index in [-0.39, 0.29) is 0 Å². The van der Waals surface area contributed by atoms with Gasteiger partial charge >= 0.3 is 5.97 Å². The van der Waals surface area contributed by atoms with Crippen molar-refractivity contribution in [1.82, 2.24) is 4.72 Å². The Hall–Kier alpha value is -1.11. The van der Waals surface area contributed by atoms with E-state index in [1.165, 1.54) is 0 Å². The number of aliphatic carboxylic acids is 1. The Kier molecular flexibility index (Phi) is 5.13. The number of nitrogens with one attached hydrogen (secondary N) is 1. The zero-order chi connectivity index (χ0) is 13.8. The summed E-state index contributed by atoms with van der Waals surface area (Å²) in [5, 5.41) is 9.01. The summed E-state index contributed by atoms with van der Waals surface area (Å²) in [6.07, 6.45) is 0.401. The number of carbonyl (C=O) groups is 1. The summed E-state index contributed by atoms with van der Waals surface area (Å²) in [6, 6.07) is 6.68. The van der Waals surface area contributed by atoms with Gasteiger partial charge in [0.1, 0.15) is 0 Å². The third-order valence-electron chi connectivity index (χ3n) is 2.18. The summed E-state index contributed by atoms with van der Waals surface area (Å²) in [7, 11) is -3.81. The van der Waals surface area contributed by atoms with Crippen LogP contribution in [0.15, 0.2) is 24.3 Å². The number of halogens is 1. The minimum absolute atomic E-state index is 0.401. The van der Waals surface area contributed by atoms with Crippen molar-refractivity contribution in [2.75, 3.05) is 5.75 Å². The first-order valence-corrected chi connectivity index (χ1v) is 7.28. The first-order valence-electron chi connectivity index (χ1n) is 5.25. The van der Waals surface area contributed by atoms with E-state index in [0.29, 0.717) is 11.4 Å². The van der Waals surface area contributed by atoms with Gasteiger partial charge in [0, 0.05) is 11.1 Å². The standard InChI is InChI=1S/C11H14ClNO4S/c1-8(13-18(16,17)7-11(14)15)6-9-4-2-3-5-10(9)12/h2-5,8,13H,6-7H2,1H3,(H,14,15). The fourth-order valence-corrected chi connectivity index (χ4v) is 2.86. The van der Waals surface area contributed by atoms with Gasteiger partial charge in [-0.05, 0) is 25.0 Å². The van der Waals surface area contributed by atoms with E-state index in [2.05, 4.69) is 4.72 Å². The molecule has 0 bridgehead atoms. The van der Waals surface area contributed by atoms with Crippen LogP contribution in [0.1, 0.15) is 12.5 Å². The third-order valence-corrected chi connectivity index (χ3v) is 3.94. The Morgan fingerprint density at radius 3 is 2.61 bits per heavy atom. The topological polar surface area (TPSA) is 83.5 Å². The average molecular weight is 292 g/mol. The number of carboxylic acid groups (broad SMARTS) is 1. The third kappa shape index (κ3) is 5.03. The molecule has 0 aliphatic heterocycles. The molecular weight excluding hydrogens is 278 g/mol. The highest BCUT2D eigenvalue weighted by atomic mass is 35.5. The maximum atomic E-state index is 11.4. The van der Waals surface area contributed by atoms with Gasteiger partial charge in [0.25, 0.3) is 0 Å². The van der Waals surface area contributed by atoms with Gasteiger partial charge in [-0.25, -0.2) is 13.1 Å². The van der Waals surface area contributed by atoms with E-state index in [1.807, 2.05) is 0 Å². The first kappa shape index (κ1) is 14.9. The number of benzene rings is 1. The van der Waals surface area contributed by atoms with Gasteiger partial charge in [-0.3, -0.25) is 4.79 Å². The van der Waals surface area contributed by atoms with Gasteiger partial charge in [0.2, 0.25) is 10.0 Å². The lowest BCUT2D eigenvalue weighted by Gasteiger charge is -2.14. The molecule has 1 aromatic carbocycles. The van der Waals surface area contributed by atoms with Gasteiger partial charge in [-0.2, -0.15) is 0 Å². The Labute approximate surface area is 111 Å². The van der Waals surface area contributed by atoms with Crippen LogP contribution in [-0.2, 0) is 21.2 Å². The molecule has 0 aliphatic carbocycles. The Bertz CT molecular complexity index is 530. The summed E-state index contributed by atoms with van der Waals surface area (Å²) in [4.78, 5) is 10.4. The number of hydrogen-bond donors (Lipinski definition) is 2. The van der Waals surface area contributed by atoms with Gasteiger partial charge in [0.05, 0.1) is 0 Å². The molecule has 100 valence electrons. The quantitative estimate of drug-likeness (QED) is 0.827. The van der Waals surface area contributed by atoms with E-state index in [9.17, 15) is 13.2 Å². The van der Waals surface area contributed by atoms with Crippen LogP contribution in [0.5, 0.6) is 0 Å². The fourth-order valence-electron chi connectivity index (χ4n) is 1.55. The molecule has 0 spiro atoms. The number of sulfonamides is 1. The second-order valence-corrected chi connectivity index (χ2v) is 6.13. The summed E-state index contributed by atoms with van der Waals surface area (Å²) >= 11 is 5.95. The van der Waals surface area contributed by atoms with Crippen LogP contribution in [0.4, 0.5) is 0 Å². The van der Waals surface area contributed by atoms with Crippen molar-refractivity contribution in [2.24, 2.45) is 0 Å². The van der Waals surface area contributed by atoms with Crippen molar-refractivity contribution in [1.29, 1.82) is 0 Å². The normalized spacial score (nSPS) is 13.2. The van der Waals surface area contributed by atoms with Crippen molar-refractivity contribution < 1.29 is 18.3 Å². The van der Waals surface area contributed by atoms with E-state index in [1.54, 1.807) is 31.2 Å².